The predicted octanol–water partition coefficient (Wildman–Crippen LogP) is 3.99. The van der Waals surface area contributed by atoms with E-state index in [0.29, 0.717) is 5.75 Å². The average molecular weight is 446 g/mol. The van der Waals surface area contributed by atoms with Crippen molar-refractivity contribution in [3.05, 3.63) is 70.2 Å². The fourth-order valence-electron chi connectivity index (χ4n) is 5.38. The molecule has 5 rings (SSSR count). The van der Waals surface area contributed by atoms with E-state index >= 15 is 0 Å². The molecule has 2 aliphatic rings. The van der Waals surface area contributed by atoms with E-state index in [1.807, 2.05) is 31.0 Å². The number of benzene rings is 2. The Morgan fingerprint density at radius 3 is 2.82 bits per heavy atom. The minimum Gasteiger partial charge on any atom is -0.496 e. The van der Waals surface area contributed by atoms with E-state index in [2.05, 4.69) is 29.0 Å². The van der Waals surface area contributed by atoms with Crippen molar-refractivity contribution in [2.45, 2.75) is 58.2 Å². The Bertz CT molecular complexity index is 1190. The molecule has 33 heavy (non-hydrogen) atoms. The van der Waals surface area contributed by atoms with E-state index in [1.54, 1.807) is 7.11 Å². The number of ether oxygens (including phenoxy) is 1. The van der Waals surface area contributed by atoms with E-state index in [-0.39, 0.29) is 25.0 Å². The van der Waals surface area contributed by atoms with E-state index in [4.69, 9.17) is 9.72 Å². The monoisotopic (exact) mass is 445 g/mol. The molecule has 0 saturated carbocycles. The highest BCUT2D eigenvalue weighted by molar-refractivity contribution is 5.80. The van der Waals surface area contributed by atoms with Gasteiger partial charge in [0.1, 0.15) is 11.6 Å². The van der Waals surface area contributed by atoms with Crippen molar-refractivity contribution in [3.8, 4) is 17.0 Å². The Morgan fingerprint density at radius 2 is 2.06 bits per heavy atom. The minimum absolute atomic E-state index is 0.0444. The van der Waals surface area contributed by atoms with Gasteiger partial charge in [-0.25, -0.2) is 4.98 Å². The summed E-state index contributed by atoms with van der Waals surface area (Å²) in [7, 11) is 3.52. The molecule has 6 nitrogen and oxygen atoms in total. The van der Waals surface area contributed by atoms with Crippen LogP contribution in [0.5, 0.6) is 5.75 Å². The number of likely N-dealkylation sites (N-methyl/N-ethyl adjacent to an activating group) is 1. The van der Waals surface area contributed by atoms with Crippen LogP contribution in [0.3, 0.4) is 0 Å². The maximum atomic E-state index is 13.3. The van der Waals surface area contributed by atoms with E-state index in [1.165, 1.54) is 23.4 Å². The van der Waals surface area contributed by atoms with Crippen molar-refractivity contribution >= 4 is 5.91 Å². The molecule has 1 aliphatic carbocycles. The first kappa shape index (κ1) is 21.7. The summed E-state index contributed by atoms with van der Waals surface area (Å²) in [4.78, 5) is 20.0. The van der Waals surface area contributed by atoms with Crippen molar-refractivity contribution in [1.29, 1.82) is 0 Å². The molecular weight excluding hydrogens is 414 g/mol. The molecule has 1 aliphatic heterocycles. The first-order valence-electron chi connectivity index (χ1n) is 11.7. The Labute approximate surface area is 194 Å². The molecule has 0 unspecified atom stereocenters. The summed E-state index contributed by atoms with van der Waals surface area (Å²) in [5.41, 5.74) is 7.25. The second kappa shape index (κ2) is 8.67. The molecule has 0 radical (unpaired) electrons. The lowest BCUT2D eigenvalue weighted by molar-refractivity contribution is -0.131. The highest BCUT2D eigenvalue weighted by Gasteiger charge is 2.30. The summed E-state index contributed by atoms with van der Waals surface area (Å²) in [5.74, 6) is 1.92. The number of aryl methyl sites for hydroxylation is 3. The Hall–Kier alpha value is -3.12. The SMILES string of the molecule is COc1c(CC(=O)N(C)[C@@H]2CCc3ccc(-c4cn5c(n4)CCC5)cc32)ccc(CO)c1C. The number of aliphatic hydroxyl groups is 1. The van der Waals surface area contributed by atoms with Gasteiger partial charge >= 0.3 is 0 Å². The van der Waals surface area contributed by atoms with Gasteiger partial charge < -0.3 is 19.3 Å². The van der Waals surface area contributed by atoms with Crippen molar-refractivity contribution in [2.24, 2.45) is 0 Å². The van der Waals surface area contributed by atoms with Gasteiger partial charge in [0.2, 0.25) is 5.91 Å². The molecule has 1 amide bonds. The summed E-state index contributed by atoms with van der Waals surface area (Å²) >= 11 is 0. The molecule has 172 valence electrons. The number of rotatable bonds is 6. The molecule has 0 fully saturated rings. The Balaban J connectivity index is 1.38. The summed E-state index contributed by atoms with van der Waals surface area (Å²) < 4.78 is 7.84. The number of aromatic nitrogens is 2. The van der Waals surface area contributed by atoms with Crippen LogP contribution in [0.2, 0.25) is 0 Å². The number of nitrogens with zero attached hydrogens (tertiary/aromatic N) is 3. The van der Waals surface area contributed by atoms with Crippen molar-refractivity contribution < 1.29 is 14.6 Å². The van der Waals surface area contributed by atoms with Crippen molar-refractivity contribution in [1.82, 2.24) is 14.5 Å². The zero-order valence-electron chi connectivity index (χ0n) is 19.6. The number of carbonyl (C=O) groups is 1. The highest BCUT2D eigenvalue weighted by Crippen LogP contribution is 2.38. The van der Waals surface area contributed by atoms with Gasteiger partial charge in [0.05, 0.1) is 31.9 Å². The summed E-state index contributed by atoms with van der Waals surface area (Å²) in [6.07, 6.45) is 6.56. The van der Waals surface area contributed by atoms with Crippen LogP contribution in [0.1, 0.15) is 52.5 Å². The molecule has 2 aromatic carbocycles. The summed E-state index contributed by atoms with van der Waals surface area (Å²) in [6, 6.07) is 10.4. The molecule has 0 bridgehead atoms. The maximum Gasteiger partial charge on any atom is 0.227 e. The van der Waals surface area contributed by atoms with Crippen molar-refractivity contribution in [3.63, 3.8) is 0 Å². The molecule has 0 saturated heterocycles. The Morgan fingerprint density at radius 1 is 1.24 bits per heavy atom. The van der Waals surface area contributed by atoms with Gasteiger partial charge in [0.25, 0.3) is 0 Å². The van der Waals surface area contributed by atoms with E-state index in [9.17, 15) is 9.90 Å². The quantitative estimate of drug-likeness (QED) is 0.623. The standard InChI is InChI=1S/C27H31N3O3/c1-17-21(16-31)9-8-20(27(17)33-3)14-26(32)29(2)24-11-10-18-6-7-19(13-22(18)24)23-15-30-12-4-5-25(30)28-23/h6-9,13,15,24,31H,4-5,10-12,14,16H2,1-3H3/t24-/m1/s1. The minimum atomic E-state index is -0.0444. The summed E-state index contributed by atoms with van der Waals surface area (Å²) in [5, 5.41) is 9.54. The third-order valence-electron chi connectivity index (χ3n) is 7.32. The lowest BCUT2D eigenvalue weighted by Crippen LogP contribution is -2.31. The predicted molar refractivity (Wildman–Crippen MR) is 127 cm³/mol. The van der Waals surface area contributed by atoms with Crippen LogP contribution in [-0.2, 0) is 37.2 Å². The number of fused-ring (bicyclic) bond motifs is 2. The topological polar surface area (TPSA) is 67.6 Å². The van der Waals surface area contributed by atoms with Gasteiger partial charge in [-0.2, -0.15) is 0 Å². The van der Waals surface area contributed by atoms with Gasteiger partial charge in [0, 0.05) is 37.3 Å². The first-order chi connectivity index (χ1) is 16.0. The highest BCUT2D eigenvalue weighted by atomic mass is 16.5. The van der Waals surface area contributed by atoms with Gasteiger partial charge in [-0.05, 0) is 54.5 Å². The second-order valence-electron chi connectivity index (χ2n) is 9.19. The molecule has 0 spiro atoms. The molecule has 3 aromatic rings. The van der Waals surface area contributed by atoms with Gasteiger partial charge in [-0.1, -0.05) is 24.3 Å². The maximum absolute atomic E-state index is 13.3. The number of hydrogen-bond acceptors (Lipinski definition) is 4. The number of amides is 1. The Kier molecular flexibility index (Phi) is 5.71. The third-order valence-corrected chi connectivity index (χ3v) is 7.32. The zero-order chi connectivity index (χ0) is 23.1. The smallest absolute Gasteiger partial charge is 0.227 e. The zero-order valence-corrected chi connectivity index (χ0v) is 19.6. The van der Waals surface area contributed by atoms with E-state index < -0.39 is 0 Å². The van der Waals surface area contributed by atoms with Crippen LogP contribution in [0.4, 0.5) is 0 Å². The second-order valence-corrected chi connectivity index (χ2v) is 9.19. The van der Waals surface area contributed by atoms with Crippen LogP contribution in [0.15, 0.2) is 36.5 Å². The number of carbonyl (C=O) groups excluding carboxylic acids is 1. The van der Waals surface area contributed by atoms with E-state index in [0.717, 1.165) is 53.8 Å². The molecule has 1 atom stereocenters. The number of aliphatic hydroxyl groups excluding tert-OH is 1. The van der Waals surface area contributed by atoms with Crippen LogP contribution < -0.4 is 4.74 Å². The lowest BCUT2D eigenvalue weighted by Gasteiger charge is -2.26. The first-order valence-corrected chi connectivity index (χ1v) is 11.7. The molecule has 1 aromatic heterocycles. The normalized spacial score (nSPS) is 16.5. The lowest BCUT2D eigenvalue weighted by atomic mass is 9.99. The van der Waals surface area contributed by atoms with Crippen molar-refractivity contribution in [2.75, 3.05) is 14.2 Å². The third kappa shape index (κ3) is 3.82. The van der Waals surface area contributed by atoms with Crippen LogP contribution in [0, 0.1) is 6.92 Å². The number of hydrogen-bond donors (Lipinski definition) is 1. The fraction of sp³-hybridized carbons (Fsp3) is 0.407. The molecule has 1 N–H and O–H groups in total. The van der Waals surface area contributed by atoms with Crippen LogP contribution in [0.25, 0.3) is 11.3 Å². The molecule has 6 heteroatoms. The molecule has 2 heterocycles. The number of methoxy groups -OCH3 is 1. The molecular formula is C27H31N3O3. The van der Waals surface area contributed by atoms with Crippen LogP contribution >= 0.6 is 0 Å². The largest absolute Gasteiger partial charge is 0.496 e. The van der Waals surface area contributed by atoms with Gasteiger partial charge in [-0.3, -0.25) is 4.79 Å². The number of imidazole rings is 1. The van der Waals surface area contributed by atoms with Gasteiger partial charge in [0.15, 0.2) is 0 Å². The van der Waals surface area contributed by atoms with Gasteiger partial charge in [-0.15, -0.1) is 0 Å². The van der Waals surface area contributed by atoms with Crippen LogP contribution in [-0.4, -0.2) is 39.6 Å². The average Bonchev–Trinajstić information content (AvgIpc) is 3.53. The fourth-order valence-corrected chi connectivity index (χ4v) is 5.38. The summed E-state index contributed by atoms with van der Waals surface area (Å²) in [6.45, 7) is 2.93.